The number of fused-ring (bicyclic) bond motifs is 1. The molecule has 0 aliphatic heterocycles. The molecule has 0 radical (unpaired) electrons. The van der Waals surface area contributed by atoms with Gasteiger partial charge in [-0.1, -0.05) is 36.2 Å². The zero-order valence-corrected chi connectivity index (χ0v) is 22.3. The van der Waals surface area contributed by atoms with Crippen molar-refractivity contribution in [3.05, 3.63) is 50.6 Å². The van der Waals surface area contributed by atoms with Crippen molar-refractivity contribution in [1.82, 2.24) is 14.8 Å². The van der Waals surface area contributed by atoms with Gasteiger partial charge in [0.1, 0.15) is 23.4 Å². The minimum absolute atomic E-state index is 0.152. The van der Waals surface area contributed by atoms with E-state index in [1.54, 1.807) is 17.4 Å². The van der Waals surface area contributed by atoms with Gasteiger partial charge in [-0.3, -0.25) is 4.79 Å². The molecule has 0 fully saturated rings. The number of nitrogens with zero attached hydrogens (tertiary/aromatic N) is 4. The largest absolute Gasteiger partial charge is 0.485 e. The lowest BCUT2D eigenvalue weighted by Crippen LogP contribution is -2.15. The normalized spacial score (nSPS) is 13.4. The number of anilines is 1. The number of aromatic nitrogens is 3. The summed E-state index contributed by atoms with van der Waals surface area (Å²) in [7, 11) is 0. The van der Waals surface area contributed by atoms with E-state index in [4.69, 9.17) is 16.3 Å². The standard InChI is InChI=1S/C25H28ClN5O2S2/c1-3-31-22(14-33-20-11-10-17(26)12-16(20)2)29-30-25(31)34-15-23(32)28-24-19(13-27)18-8-6-4-5-7-9-21(18)35-24/h10-12H,3-9,14-15H2,1-2H3,(H,28,32). The lowest BCUT2D eigenvalue weighted by molar-refractivity contribution is -0.113. The van der Waals surface area contributed by atoms with Gasteiger partial charge in [-0.15, -0.1) is 21.5 Å². The van der Waals surface area contributed by atoms with Crippen LogP contribution in [0.2, 0.25) is 5.02 Å². The van der Waals surface area contributed by atoms with Crippen LogP contribution >= 0.6 is 34.7 Å². The molecule has 1 N–H and O–H groups in total. The highest BCUT2D eigenvalue weighted by atomic mass is 35.5. The number of nitrogens with one attached hydrogen (secondary N) is 1. The third-order valence-corrected chi connectivity index (χ3v) is 8.38. The number of carbonyl (C=O) groups is 1. The Labute approximate surface area is 218 Å². The van der Waals surface area contributed by atoms with E-state index in [2.05, 4.69) is 21.6 Å². The van der Waals surface area contributed by atoms with Gasteiger partial charge in [0.15, 0.2) is 11.0 Å². The molecule has 10 heteroatoms. The molecule has 0 saturated carbocycles. The van der Waals surface area contributed by atoms with Crippen molar-refractivity contribution in [3.63, 3.8) is 0 Å². The van der Waals surface area contributed by atoms with E-state index in [1.807, 2.05) is 30.5 Å². The van der Waals surface area contributed by atoms with Gasteiger partial charge in [0.05, 0.1) is 11.3 Å². The van der Waals surface area contributed by atoms with Crippen LogP contribution in [-0.4, -0.2) is 26.4 Å². The molecule has 1 amide bonds. The van der Waals surface area contributed by atoms with Crippen LogP contribution in [0.25, 0.3) is 0 Å². The van der Waals surface area contributed by atoms with Crippen LogP contribution in [0.15, 0.2) is 23.4 Å². The van der Waals surface area contributed by atoms with Crippen LogP contribution in [-0.2, 0) is 30.8 Å². The Morgan fingerprint density at radius 2 is 2.09 bits per heavy atom. The molecule has 184 valence electrons. The summed E-state index contributed by atoms with van der Waals surface area (Å²) >= 11 is 8.90. The second kappa shape index (κ2) is 11.9. The second-order valence-corrected chi connectivity index (χ2v) is 10.9. The molecule has 7 nitrogen and oxygen atoms in total. The minimum Gasteiger partial charge on any atom is -0.485 e. The molecular weight excluding hydrogens is 502 g/mol. The molecule has 3 aromatic rings. The lowest BCUT2D eigenvalue weighted by Gasteiger charge is -2.10. The smallest absolute Gasteiger partial charge is 0.235 e. The van der Waals surface area contributed by atoms with Gasteiger partial charge in [0, 0.05) is 16.4 Å². The number of thioether (sulfide) groups is 1. The number of benzene rings is 1. The molecule has 0 bridgehead atoms. The highest BCUT2D eigenvalue weighted by Crippen LogP contribution is 2.36. The monoisotopic (exact) mass is 529 g/mol. The van der Waals surface area contributed by atoms with Crippen LogP contribution in [0.5, 0.6) is 5.75 Å². The Morgan fingerprint density at radius 3 is 2.83 bits per heavy atom. The van der Waals surface area contributed by atoms with Crippen molar-refractivity contribution in [1.29, 1.82) is 5.26 Å². The second-order valence-electron chi connectivity index (χ2n) is 8.41. The average molecular weight is 530 g/mol. The van der Waals surface area contributed by atoms with Crippen LogP contribution in [0.1, 0.15) is 60.0 Å². The summed E-state index contributed by atoms with van der Waals surface area (Å²) in [6.45, 7) is 4.87. The number of nitriles is 1. The Hall–Kier alpha value is -2.54. The molecule has 1 aliphatic rings. The molecule has 4 rings (SSSR count). The van der Waals surface area contributed by atoms with Gasteiger partial charge in [-0.05, 0) is 68.9 Å². The first kappa shape index (κ1) is 25.5. The van der Waals surface area contributed by atoms with Gasteiger partial charge in [-0.2, -0.15) is 5.26 Å². The topological polar surface area (TPSA) is 92.8 Å². The summed E-state index contributed by atoms with van der Waals surface area (Å²) in [6.07, 6.45) is 6.56. The predicted molar refractivity (Wildman–Crippen MR) is 140 cm³/mol. The lowest BCUT2D eigenvalue weighted by atomic mass is 9.97. The number of carbonyl (C=O) groups excluding carboxylic acids is 1. The number of hydrogen-bond donors (Lipinski definition) is 1. The summed E-state index contributed by atoms with van der Waals surface area (Å²) in [6, 6.07) is 7.81. The number of amides is 1. The molecule has 35 heavy (non-hydrogen) atoms. The fourth-order valence-electron chi connectivity index (χ4n) is 4.19. The fourth-order valence-corrected chi connectivity index (χ4v) is 6.49. The average Bonchev–Trinajstić information content (AvgIpc) is 3.36. The maximum atomic E-state index is 12.8. The number of hydrogen-bond acceptors (Lipinski definition) is 7. The maximum absolute atomic E-state index is 12.8. The van der Waals surface area contributed by atoms with Crippen molar-refractivity contribution in [2.24, 2.45) is 0 Å². The van der Waals surface area contributed by atoms with E-state index < -0.39 is 0 Å². The Balaban J connectivity index is 1.38. The van der Waals surface area contributed by atoms with Crippen molar-refractivity contribution in [3.8, 4) is 11.8 Å². The van der Waals surface area contributed by atoms with Crippen molar-refractivity contribution in [2.75, 3.05) is 11.1 Å². The van der Waals surface area contributed by atoms with Crippen molar-refractivity contribution < 1.29 is 9.53 Å². The van der Waals surface area contributed by atoms with Gasteiger partial charge >= 0.3 is 0 Å². The molecule has 0 unspecified atom stereocenters. The van der Waals surface area contributed by atoms with E-state index in [9.17, 15) is 10.1 Å². The number of aryl methyl sites for hydroxylation is 2. The van der Waals surface area contributed by atoms with Gasteiger partial charge in [0.25, 0.3) is 0 Å². The number of ether oxygens (including phenoxy) is 1. The Bertz CT molecular complexity index is 1250. The fraction of sp³-hybridized carbons (Fsp3) is 0.440. The first-order valence-corrected chi connectivity index (χ1v) is 14.0. The van der Waals surface area contributed by atoms with E-state index in [1.165, 1.54) is 29.5 Å². The zero-order valence-electron chi connectivity index (χ0n) is 19.9. The van der Waals surface area contributed by atoms with Crippen molar-refractivity contribution >= 4 is 45.6 Å². The van der Waals surface area contributed by atoms with Crippen LogP contribution in [0.3, 0.4) is 0 Å². The van der Waals surface area contributed by atoms with Crippen LogP contribution in [0, 0.1) is 18.3 Å². The molecule has 0 spiro atoms. The summed E-state index contributed by atoms with van der Waals surface area (Å²) < 4.78 is 7.87. The van der Waals surface area contributed by atoms with E-state index in [-0.39, 0.29) is 18.3 Å². The highest BCUT2D eigenvalue weighted by Gasteiger charge is 2.21. The van der Waals surface area contributed by atoms with E-state index in [0.29, 0.717) is 33.1 Å². The van der Waals surface area contributed by atoms with Gasteiger partial charge in [-0.25, -0.2) is 0 Å². The molecule has 1 aliphatic carbocycles. The third kappa shape index (κ3) is 6.18. The van der Waals surface area contributed by atoms with E-state index in [0.717, 1.165) is 42.6 Å². The molecule has 2 aromatic heterocycles. The first-order chi connectivity index (χ1) is 17.0. The number of halogens is 1. The van der Waals surface area contributed by atoms with Gasteiger partial charge < -0.3 is 14.6 Å². The molecule has 0 saturated heterocycles. The summed E-state index contributed by atoms with van der Waals surface area (Å²) in [5.74, 6) is 1.46. The molecule has 1 aromatic carbocycles. The zero-order chi connectivity index (χ0) is 24.8. The Morgan fingerprint density at radius 1 is 1.29 bits per heavy atom. The first-order valence-electron chi connectivity index (χ1n) is 11.8. The van der Waals surface area contributed by atoms with E-state index >= 15 is 0 Å². The summed E-state index contributed by atoms with van der Waals surface area (Å²) in [5, 5.41) is 23.3. The number of thiophene rings is 1. The summed E-state index contributed by atoms with van der Waals surface area (Å²) in [4.78, 5) is 14.0. The minimum atomic E-state index is -0.152. The third-order valence-electron chi connectivity index (χ3n) is 5.97. The molecule has 0 atom stereocenters. The predicted octanol–water partition coefficient (Wildman–Crippen LogP) is 6.16. The highest BCUT2D eigenvalue weighted by molar-refractivity contribution is 7.99. The Kier molecular flexibility index (Phi) is 8.71. The molecular formula is C25H28ClN5O2S2. The number of rotatable bonds is 8. The van der Waals surface area contributed by atoms with Crippen molar-refractivity contribution in [2.45, 2.75) is 70.7 Å². The SMILES string of the molecule is CCn1c(COc2ccc(Cl)cc2C)nnc1SCC(=O)Nc1sc2c(c1C#N)CCCCCC2. The molecule has 2 heterocycles. The van der Waals surface area contributed by atoms with Crippen LogP contribution in [0.4, 0.5) is 5.00 Å². The van der Waals surface area contributed by atoms with Gasteiger partial charge in [0.2, 0.25) is 5.91 Å². The summed E-state index contributed by atoms with van der Waals surface area (Å²) in [5.41, 5.74) is 2.72. The van der Waals surface area contributed by atoms with Crippen LogP contribution < -0.4 is 10.1 Å². The maximum Gasteiger partial charge on any atom is 0.235 e. The quantitative estimate of drug-likeness (QED) is 0.351.